The molecule has 0 aromatic heterocycles. The molecule has 1 aromatic rings. The van der Waals surface area contributed by atoms with Crippen molar-refractivity contribution in [3.05, 3.63) is 28.8 Å². The van der Waals surface area contributed by atoms with Gasteiger partial charge in [-0.25, -0.2) is 17.9 Å². The largest absolute Gasteiger partial charge is 0.465 e. The lowest BCUT2D eigenvalue weighted by Crippen LogP contribution is -2.51. The number of methoxy groups -OCH3 is 1. The summed E-state index contributed by atoms with van der Waals surface area (Å²) in [7, 11) is -2.67. The molecule has 0 saturated carbocycles. The number of esters is 1. The van der Waals surface area contributed by atoms with Gasteiger partial charge < -0.3 is 10.1 Å². The average molecular weight is 347 g/mol. The minimum atomic E-state index is -3.88. The van der Waals surface area contributed by atoms with Gasteiger partial charge in [-0.15, -0.1) is 0 Å². The number of sulfonamides is 1. The Hall–Kier alpha value is -1.15. The molecule has 1 saturated heterocycles. The zero-order chi connectivity index (χ0) is 16.3. The molecule has 1 aromatic carbocycles. The summed E-state index contributed by atoms with van der Waals surface area (Å²) in [6, 6.07) is 3.85. The molecule has 0 radical (unpaired) electrons. The number of piperidine rings is 1. The lowest BCUT2D eigenvalue weighted by molar-refractivity contribution is 0.0596. The molecule has 1 aliphatic rings. The quantitative estimate of drug-likeness (QED) is 0.808. The molecule has 2 rings (SSSR count). The van der Waals surface area contributed by atoms with Gasteiger partial charge in [0.2, 0.25) is 10.0 Å². The van der Waals surface area contributed by atoms with Gasteiger partial charge in [-0.1, -0.05) is 11.6 Å². The molecule has 1 fully saturated rings. The first kappa shape index (κ1) is 17.2. The zero-order valence-electron chi connectivity index (χ0n) is 12.4. The molecule has 2 unspecified atom stereocenters. The number of nitrogens with one attached hydrogen (secondary N) is 2. The van der Waals surface area contributed by atoms with Crippen LogP contribution in [0, 0.1) is 0 Å². The standard InChI is InChI=1S/C14H19ClN2O4S/c1-9-12(4-3-7-16-9)17-22(19,20)13-8-10(15)5-6-11(13)14(18)21-2/h5-6,8-9,12,16-17H,3-4,7H2,1-2H3. The second-order valence-corrected chi connectivity index (χ2v) is 7.36. The van der Waals surface area contributed by atoms with E-state index in [9.17, 15) is 13.2 Å². The Morgan fingerprint density at radius 1 is 1.45 bits per heavy atom. The maximum atomic E-state index is 12.6. The number of hydrogen-bond acceptors (Lipinski definition) is 5. The molecular weight excluding hydrogens is 328 g/mol. The van der Waals surface area contributed by atoms with Gasteiger partial charge in [0.1, 0.15) is 0 Å². The van der Waals surface area contributed by atoms with Gasteiger partial charge in [0.15, 0.2) is 0 Å². The number of benzene rings is 1. The summed E-state index contributed by atoms with van der Waals surface area (Å²) in [5.74, 6) is -0.716. The third-order valence-electron chi connectivity index (χ3n) is 3.71. The van der Waals surface area contributed by atoms with Crippen molar-refractivity contribution in [3.63, 3.8) is 0 Å². The van der Waals surface area contributed by atoms with Gasteiger partial charge >= 0.3 is 5.97 Å². The van der Waals surface area contributed by atoms with Crippen molar-refractivity contribution >= 4 is 27.6 Å². The van der Waals surface area contributed by atoms with E-state index in [1.54, 1.807) is 0 Å². The average Bonchev–Trinajstić information content (AvgIpc) is 2.48. The Morgan fingerprint density at radius 2 is 2.18 bits per heavy atom. The third kappa shape index (κ3) is 3.78. The molecule has 8 heteroatoms. The smallest absolute Gasteiger partial charge is 0.339 e. The van der Waals surface area contributed by atoms with Crippen LogP contribution in [-0.2, 0) is 14.8 Å². The molecule has 2 atom stereocenters. The summed E-state index contributed by atoms with van der Waals surface area (Å²) < 4.78 is 32.6. The van der Waals surface area contributed by atoms with Crippen molar-refractivity contribution < 1.29 is 17.9 Å². The predicted molar refractivity (Wildman–Crippen MR) is 83.6 cm³/mol. The first-order valence-electron chi connectivity index (χ1n) is 6.98. The van der Waals surface area contributed by atoms with Crippen LogP contribution in [0.2, 0.25) is 5.02 Å². The van der Waals surface area contributed by atoms with Gasteiger partial charge in [0, 0.05) is 17.1 Å². The van der Waals surface area contributed by atoms with E-state index in [4.69, 9.17) is 11.6 Å². The van der Waals surface area contributed by atoms with Crippen LogP contribution < -0.4 is 10.0 Å². The van der Waals surface area contributed by atoms with Crippen molar-refractivity contribution in [2.45, 2.75) is 36.7 Å². The number of halogens is 1. The molecule has 0 bridgehead atoms. The van der Waals surface area contributed by atoms with Crippen LogP contribution in [0.4, 0.5) is 0 Å². The van der Waals surface area contributed by atoms with Crippen LogP contribution in [0.3, 0.4) is 0 Å². The van der Waals surface area contributed by atoms with Crippen molar-refractivity contribution in [2.24, 2.45) is 0 Å². The van der Waals surface area contributed by atoms with Crippen LogP contribution in [0.25, 0.3) is 0 Å². The van der Waals surface area contributed by atoms with Gasteiger partial charge in [0.05, 0.1) is 17.6 Å². The Kier molecular flexibility index (Phi) is 5.44. The Bertz CT molecular complexity index is 663. The maximum absolute atomic E-state index is 12.6. The monoisotopic (exact) mass is 346 g/mol. The predicted octanol–water partition coefficient (Wildman–Crippen LogP) is 1.55. The lowest BCUT2D eigenvalue weighted by Gasteiger charge is -2.30. The summed E-state index contributed by atoms with van der Waals surface area (Å²) in [4.78, 5) is 11.6. The van der Waals surface area contributed by atoms with E-state index < -0.39 is 16.0 Å². The Morgan fingerprint density at radius 3 is 2.82 bits per heavy atom. The van der Waals surface area contributed by atoms with E-state index in [2.05, 4.69) is 14.8 Å². The molecule has 2 N–H and O–H groups in total. The molecular formula is C14H19ClN2O4S. The van der Waals surface area contributed by atoms with Crippen molar-refractivity contribution in [2.75, 3.05) is 13.7 Å². The highest BCUT2D eigenvalue weighted by Crippen LogP contribution is 2.23. The minimum Gasteiger partial charge on any atom is -0.465 e. The SMILES string of the molecule is COC(=O)c1ccc(Cl)cc1S(=O)(=O)NC1CCCNC1C. The lowest BCUT2D eigenvalue weighted by atomic mass is 10.0. The van der Waals surface area contributed by atoms with E-state index >= 15 is 0 Å². The second kappa shape index (κ2) is 6.95. The van der Waals surface area contributed by atoms with Gasteiger partial charge in [-0.2, -0.15) is 0 Å². The summed E-state index contributed by atoms with van der Waals surface area (Å²) in [6.07, 6.45) is 1.62. The summed E-state index contributed by atoms with van der Waals surface area (Å²) in [5, 5.41) is 3.46. The molecule has 0 aliphatic carbocycles. The fourth-order valence-corrected chi connectivity index (χ4v) is 4.27. The van der Waals surface area contributed by atoms with Crippen molar-refractivity contribution in [1.82, 2.24) is 10.0 Å². The highest BCUT2D eigenvalue weighted by molar-refractivity contribution is 7.89. The molecule has 122 valence electrons. The first-order chi connectivity index (χ1) is 10.3. The highest BCUT2D eigenvalue weighted by atomic mass is 35.5. The molecule has 0 spiro atoms. The number of carbonyl (C=O) groups is 1. The van der Waals surface area contributed by atoms with Gasteiger partial charge in [0.25, 0.3) is 0 Å². The van der Waals surface area contributed by atoms with Crippen molar-refractivity contribution in [1.29, 1.82) is 0 Å². The number of rotatable bonds is 4. The van der Waals surface area contributed by atoms with E-state index in [1.165, 1.54) is 25.3 Å². The van der Waals surface area contributed by atoms with E-state index in [0.717, 1.165) is 19.4 Å². The third-order valence-corrected chi connectivity index (χ3v) is 5.47. The van der Waals surface area contributed by atoms with Gasteiger partial charge in [-0.05, 0) is 44.5 Å². The first-order valence-corrected chi connectivity index (χ1v) is 8.85. The maximum Gasteiger partial charge on any atom is 0.339 e. The van der Waals surface area contributed by atoms with Crippen LogP contribution in [0.5, 0.6) is 0 Å². The van der Waals surface area contributed by atoms with E-state index in [-0.39, 0.29) is 27.6 Å². The fourth-order valence-electron chi connectivity index (χ4n) is 2.46. The Balaban J connectivity index is 2.36. The molecule has 22 heavy (non-hydrogen) atoms. The van der Waals surface area contributed by atoms with Crippen LogP contribution in [-0.4, -0.2) is 40.1 Å². The highest BCUT2D eigenvalue weighted by Gasteiger charge is 2.29. The van der Waals surface area contributed by atoms with Gasteiger partial charge in [-0.3, -0.25) is 0 Å². The van der Waals surface area contributed by atoms with E-state index in [0.29, 0.717) is 0 Å². The number of carbonyl (C=O) groups excluding carboxylic acids is 1. The molecule has 6 nitrogen and oxygen atoms in total. The minimum absolute atomic E-state index is 0.0179. The molecule has 1 heterocycles. The summed E-state index contributed by atoms with van der Waals surface area (Å²) >= 11 is 5.89. The van der Waals surface area contributed by atoms with Crippen molar-refractivity contribution in [3.8, 4) is 0 Å². The molecule has 1 aliphatic heterocycles. The molecule has 0 amide bonds. The van der Waals surface area contributed by atoms with Crippen LogP contribution in [0.1, 0.15) is 30.1 Å². The number of hydrogen-bond donors (Lipinski definition) is 2. The summed E-state index contributed by atoms with van der Waals surface area (Å²) in [6.45, 7) is 2.79. The summed E-state index contributed by atoms with van der Waals surface area (Å²) in [5.41, 5.74) is -0.0316. The fraction of sp³-hybridized carbons (Fsp3) is 0.500. The number of ether oxygens (including phenoxy) is 1. The van der Waals surface area contributed by atoms with E-state index in [1.807, 2.05) is 6.92 Å². The topological polar surface area (TPSA) is 84.5 Å². The van der Waals surface area contributed by atoms with Crippen LogP contribution in [0.15, 0.2) is 23.1 Å². The zero-order valence-corrected chi connectivity index (χ0v) is 14.0. The van der Waals surface area contributed by atoms with Crippen LogP contribution >= 0.6 is 11.6 Å². The normalized spacial score (nSPS) is 22.3. The second-order valence-electron chi connectivity index (χ2n) is 5.24. The Labute approximate surface area is 135 Å².